The topological polar surface area (TPSA) is 27.0 Å². The monoisotopic (exact) mass is 224 g/mol. The fraction of sp³-hybridized carbons (Fsp3) is 0.929. The minimum absolute atomic E-state index is 0.668. The third-order valence-corrected chi connectivity index (χ3v) is 2.74. The molecule has 0 radical (unpaired) electrons. The predicted octanol–water partition coefficient (Wildman–Crippen LogP) is 3.83. The molecule has 0 aliphatic carbocycles. The lowest BCUT2D eigenvalue weighted by Crippen LogP contribution is -2.29. The maximum Gasteiger partial charge on any atom is 0.0635 e. The van der Waals surface area contributed by atoms with Crippen molar-refractivity contribution in [1.29, 1.82) is 5.26 Å². The Balaban J connectivity index is 3.61. The summed E-state index contributed by atoms with van der Waals surface area (Å²) in [6, 6.07) is 2.24. The van der Waals surface area contributed by atoms with Crippen LogP contribution >= 0.6 is 0 Å². The van der Waals surface area contributed by atoms with Crippen LogP contribution in [0.4, 0.5) is 0 Å². The first kappa shape index (κ1) is 15.4. The highest BCUT2D eigenvalue weighted by Crippen LogP contribution is 2.06. The molecule has 0 aromatic heterocycles. The Morgan fingerprint density at radius 1 is 1.06 bits per heavy atom. The quantitative estimate of drug-likeness (QED) is 0.527. The standard InChI is InChI=1S/C14H28N2/c1-4-5-6-7-8-11-16(12-9-10-15)13-14(2)3/h14H,4-9,11-13H2,1-3H3. The first-order valence-corrected chi connectivity index (χ1v) is 6.80. The molecule has 0 rings (SSSR count). The van der Waals surface area contributed by atoms with Crippen molar-refractivity contribution in [2.75, 3.05) is 19.6 Å². The third-order valence-electron chi connectivity index (χ3n) is 2.74. The number of rotatable bonds is 10. The molecule has 16 heavy (non-hydrogen) atoms. The highest BCUT2D eigenvalue weighted by molar-refractivity contribution is 4.72. The largest absolute Gasteiger partial charge is 0.302 e. The lowest BCUT2D eigenvalue weighted by molar-refractivity contribution is 0.243. The van der Waals surface area contributed by atoms with E-state index >= 15 is 0 Å². The van der Waals surface area contributed by atoms with Crippen molar-refractivity contribution in [1.82, 2.24) is 4.90 Å². The Bertz CT molecular complexity index is 182. The smallest absolute Gasteiger partial charge is 0.0635 e. The Morgan fingerprint density at radius 3 is 2.31 bits per heavy atom. The van der Waals surface area contributed by atoms with Crippen molar-refractivity contribution >= 4 is 0 Å². The van der Waals surface area contributed by atoms with E-state index in [-0.39, 0.29) is 0 Å². The Kier molecular flexibility index (Phi) is 10.6. The summed E-state index contributed by atoms with van der Waals surface area (Å²) in [6.45, 7) is 9.99. The van der Waals surface area contributed by atoms with Crippen LogP contribution in [-0.4, -0.2) is 24.5 Å². The minimum Gasteiger partial charge on any atom is -0.302 e. The van der Waals surface area contributed by atoms with Crippen molar-refractivity contribution in [2.45, 2.75) is 59.3 Å². The molecule has 0 bridgehead atoms. The van der Waals surface area contributed by atoms with Gasteiger partial charge in [0.1, 0.15) is 0 Å². The van der Waals surface area contributed by atoms with Crippen LogP contribution in [0.3, 0.4) is 0 Å². The zero-order chi connectivity index (χ0) is 12.2. The molecule has 0 unspecified atom stereocenters. The van der Waals surface area contributed by atoms with Gasteiger partial charge in [0, 0.05) is 19.5 Å². The van der Waals surface area contributed by atoms with Crippen LogP contribution in [0.15, 0.2) is 0 Å². The van der Waals surface area contributed by atoms with E-state index in [2.05, 4.69) is 31.7 Å². The minimum atomic E-state index is 0.668. The van der Waals surface area contributed by atoms with E-state index in [4.69, 9.17) is 5.26 Å². The number of unbranched alkanes of at least 4 members (excludes halogenated alkanes) is 4. The van der Waals surface area contributed by atoms with E-state index in [1.54, 1.807) is 0 Å². The molecule has 0 spiro atoms. The molecule has 0 saturated heterocycles. The lowest BCUT2D eigenvalue weighted by Gasteiger charge is -2.23. The van der Waals surface area contributed by atoms with Crippen LogP contribution in [0, 0.1) is 17.2 Å². The van der Waals surface area contributed by atoms with E-state index in [1.807, 2.05) is 0 Å². The fourth-order valence-corrected chi connectivity index (χ4v) is 1.96. The maximum absolute atomic E-state index is 8.61. The van der Waals surface area contributed by atoms with E-state index in [9.17, 15) is 0 Å². The molecular weight excluding hydrogens is 196 g/mol. The summed E-state index contributed by atoms with van der Waals surface area (Å²) >= 11 is 0. The first-order chi connectivity index (χ1) is 7.70. The summed E-state index contributed by atoms with van der Waals surface area (Å²) in [5.74, 6) is 0.703. The molecular formula is C14H28N2. The van der Waals surface area contributed by atoms with Crippen LogP contribution in [0.5, 0.6) is 0 Å². The summed E-state index contributed by atoms with van der Waals surface area (Å²) in [6.07, 6.45) is 7.34. The van der Waals surface area contributed by atoms with Gasteiger partial charge in [-0.15, -0.1) is 0 Å². The summed E-state index contributed by atoms with van der Waals surface area (Å²) < 4.78 is 0. The summed E-state index contributed by atoms with van der Waals surface area (Å²) in [7, 11) is 0. The van der Waals surface area contributed by atoms with Crippen molar-refractivity contribution in [3.63, 3.8) is 0 Å². The zero-order valence-electron chi connectivity index (χ0n) is 11.3. The van der Waals surface area contributed by atoms with Crippen molar-refractivity contribution in [3.8, 4) is 6.07 Å². The van der Waals surface area contributed by atoms with Crippen molar-refractivity contribution < 1.29 is 0 Å². The zero-order valence-corrected chi connectivity index (χ0v) is 11.3. The molecule has 0 aliphatic heterocycles. The molecule has 2 heteroatoms. The lowest BCUT2D eigenvalue weighted by atomic mass is 10.1. The van der Waals surface area contributed by atoms with Crippen LogP contribution in [-0.2, 0) is 0 Å². The van der Waals surface area contributed by atoms with Gasteiger partial charge in [-0.2, -0.15) is 5.26 Å². The van der Waals surface area contributed by atoms with Crippen LogP contribution in [0.1, 0.15) is 59.3 Å². The van der Waals surface area contributed by atoms with Crippen LogP contribution < -0.4 is 0 Å². The average molecular weight is 224 g/mol. The summed E-state index contributed by atoms with van der Waals surface area (Å²) in [4.78, 5) is 2.44. The Morgan fingerprint density at radius 2 is 1.75 bits per heavy atom. The average Bonchev–Trinajstić information content (AvgIpc) is 2.24. The van der Waals surface area contributed by atoms with Crippen molar-refractivity contribution in [3.05, 3.63) is 0 Å². The second kappa shape index (κ2) is 11.0. The van der Waals surface area contributed by atoms with Gasteiger partial charge >= 0.3 is 0 Å². The molecule has 0 saturated carbocycles. The normalized spacial score (nSPS) is 11.0. The number of hydrogen-bond acceptors (Lipinski definition) is 2. The molecule has 0 aromatic carbocycles. The van der Waals surface area contributed by atoms with Gasteiger partial charge in [0.15, 0.2) is 0 Å². The second-order valence-electron chi connectivity index (χ2n) is 5.02. The first-order valence-electron chi connectivity index (χ1n) is 6.80. The third kappa shape index (κ3) is 9.98. The Hall–Kier alpha value is -0.550. The van der Waals surface area contributed by atoms with E-state index in [1.165, 1.54) is 38.6 Å². The predicted molar refractivity (Wildman–Crippen MR) is 70.3 cm³/mol. The summed E-state index contributed by atoms with van der Waals surface area (Å²) in [5, 5.41) is 8.61. The summed E-state index contributed by atoms with van der Waals surface area (Å²) in [5.41, 5.74) is 0. The van der Waals surface area contributed by atoms with Crippen LogP contribution in [0.25, 0.3) is 0 Å². The van der Waals surface area contributed by atoms with Gasteiger partial charge in [0.25, 0.3) is 0 Å². The van der Waals surface area contributed by atoms with E-state index in [0.717, 1.165) is 13.1 Å². The molecule has 94 valence electrons. The molecule has 2 nitrogen and oxygen atoms in total. The molecule has 0 fully saturated rings. The molecule has 0 atom stereocenters. The van der Waals surface area contributed by atoms with Gasteiger partial charge in [-0.25, -0.2) is 0 Å². The van der Waals surface area contributed by atoms with E-state index in [0.29, 0.717) is 12.3 Å². The van der Waals surface area contributed by atoms with Gasteiger partial charge in [-0.3, -0.25) is 0 Å². The second-order valence-corrected chi connectivity index (χ2v) is 5.02. The van der Waals surface area contributed by atoms with Gasteiger partial charge < -0.3 is 4.90 Å². The number of hydrogen-bond donors (Lipinski definition) is 0. The molecule has 0 aromatic rings. The fourth-order valence-electron chi connectivity index (χ4n) is 1.96. The van der Waals surface area contributed by atoms with Gasteiger partial charge in [-0.1, -0.05) is 46.5 Å². The highest BCUT2D eigenvalue weighted by atomic mass is 15.1. The van der Waals surface area contributed by atoms with Crippen molar-refractivity contribution in [2.24, 2.45) is 5.92 Å². The molecule has 0 amide bonds. The maximum atomic E-state index is 8.61. The number of nitriles is 1. The van der Waals surface area contributed by atoms with Gasteiger partial charge in [-0.05, 0) is 18.9 Å². The molecule has 0 N–H and O–H groups in total. The van der Waals surface area contributed by atoms with Crippen LogP contribution in [0.2, 0.25) is 0 Å². The SMILES string of the molecule is CCCCCCCN(CCC#N)CC(C)C. The molecule has 0 heterocycles. The van der Waals surface area contributed by atoms with Gasteiger partial charge in [0.05, 0.1) is 6.07 Å². The number of nitrogens with zero attached hydrogens (tertiary/aromatic N) is 2. The Labute approximate surface area is 102 Å². The molecule has 0 aliphatic rings. The van der Waals surface area contributed by atoms with Gasteiger partial charge in [0.2, 0.25) is 0 Å². The highest BCUT2D eigenvalue weighted by Gasteiger charge is 2.06. The van der Waals surface area contributed by atoms with E-state index < -0.39 is 0 Å².